The number of fused-ring (bicyclic) bond motifs is 1. The predicted molar refractivity (Wildman–Crippen MR) is 151 cm³/mol. The number of aromatic nitrogens is 1. The lowest BCUT2D eigenvalue weighted by Crippen LogP contribution is -2.40. The van der Waals surface area contributed by atoms with Gasteiger partial charge in [0.1, 0.15) is 0 Å². The van der Waals surface area contributed by atoms with Crippen LogP contribution in [0.4, 0.5) is 0 Å². The van der Waals surface area contributed by atoms with Gasteiger partial charge in [-0.15, -0.1) is 0 Å². The summed E-state index contributed by atoms with van der Waals surface area (Å²) in [6.45, 7) is 4.82. The van der Waals surface area contributed by atoms with Crippen molar-refractivity contribution >= 4 is 29.4 Å². The van der Waals surface area contributed by atoms with Gasteiger partial charge in [-0.25, -0.2) is 9.79 Å². The summed E-state index contributed by atoms with van der Waals surface area (Å²) in [7, 11) is 5.96. The minimum atomic E-state index is -0.882. The third-order valence-corrected chi connectivity index (χ3v) is 7.24. The summed E-state index contributed by atoms with van der Waals surface area (Å²) in [5.74, 6) is 0.648. The van der Waals surface area contributed by atoms with Crippen LogP contribution in [0.25, 0.3) is 6.08 Å². The van der Waals surface area contributed by atoms with Crippen LogP contribution in [0.1, 0.15) is 37.9 Å². The lowest BCUT2D eigenvalue weighted by molar-refractivity contribution is -0.139. The van der Waals surface area contributed by atoms with Gasteiger partial charge in [0.15, 0.2) is 27.8 Å². The standard InChI is InChI=1S/C29H30N2O9S/c1-8-39-28(34)24-15(2)30-29-31(25(24)18-9-10-19(40-16(3)32)20(14-18)35-4)27(33)23(41-29)13-17-11-21(36-5)26(38-7)22(12-17)37-6/h9-14,25H,8H2,1-7H3/b23-13+/t25-/m1/s1. The van der Waals surface area contributed by atoms with Gasteiger partial charge in [0.25, 0.3) is 5.56 Å². The number of hydrogen-bond donors (Lipinski definition) is 0. The first-order chi connectivity index (χ1) is 19.7. The highest BCUT2D eigenvalue weighted by atomic mass is 32.1. The van der Waals surface area contributed by atoms with Crippen molar-refractivity contribution in [3.05, 3.63) is 72.4 Å². The number of carbonyl (C=O) groups is 2. The van der Waals surface area contributed by atoms with E-state index in [1.165, 1.54) is 51.3 Å². The quantitative estimate of drug-likeness (QED) is 0.277. The van der Waals surface area contributed by atoms with Crippen LogP contribution in [0.15, 0.2) is 51.4 Å². The summed E-state index contributed by atoms with van der Waals surface area (Å²) in [5.41, 5.74) is 1.42. The maximum atomic E-state index is 14.0. The lowest BCUT2D eigenvalue weighted by atomic mass is 9.95. The van der Waals surface area contributed by atoms with Crippen molar-refractivity contribution < 1.29 is 38.0 Å². The van der Waals surface area contributed by atoms with Crippen molar-refractivity contribution in [3.8, 4) is 28.7 Å². The molecular weight excluding hydrogens is 552 g/mol. The highest BCUT2D eigenvalue weighted by molar-refractivity contribution is 7.07. The number of ether oxygens (including phenoxy) is 6. The van der Waals surface area contributed by atoms with E-state index in [0.717, 1.165) is 0 Å². The Hall–Kier alpha value is -4.58. The van der Waals surface area contributed by atoms with E-state index in [1.54, 1.807) is 50.3 Å². The van der Waals surface area contributed by atoms with Gasteiger partial charge in [-0.2, -0.15) is 0 Å². The summed E-state index contributed by atoms with van der Waals surface area (Å²) in [4.78, 5) is 43.7. The molecule has 0 saturated heterocycles. The van der Waals surface area contributed by atoms with E-state index in [1.807, 2.05) is 0 Å². The zero-order valence-electron chi connectivity index (χ0n) is 23.7. The minimum absolute atomic E-state index is 0.141. The maximum absolute atomic E-state index is 14.0. The molecular formula is C29H30N2O9S. The molecule has 1 aromatic heterocycles. The number of hydrogen-bond acceptors (Lipinski definition) is 11. The van der Waals surface area contributed by atoms with Crippen LogP contribution in [0.2, 0.25) is 0 Å². The number of rotatable bonds is 9. The van der Waals surface area contributed by atoms with Crippen molar-refractivity contribution in [2.45, 2.75) is 26.8 Å². The van der Waals surface area contributed by atoms with E-state index in [9.17, 15) is 14.4 Å². The molecule has 0 bridgehead atoms. The Morgan fingerprint density at radius 3 is 2.20 bits per heavy atom. The molecule has 0 saturated carbocycles. The average Bonchev–Trinajstić information content (AvgIpc) is 3.25. The van der Waals surface area contributed by atoms with Crippen molar-refractivity contribution in [3.63, 3.8) is 0 Å². The number of allylic oxidation sites excluding steroid dienone is 1. The van der Waals surface area contributed by atoms with Gasteiger partial charge < -0.3 is 28.4 Å². The number of thiazole rings is 1. The van der Waals surface area contributed by atoms with Gasteiger partial charge in [-0.1, -0.05) is 17.4 Å². The summed E-state index contributed by atoms with van der Waals surface area (Å²) in [6.07, 6.45) is 1.69. The molecule has 0 radical (unpaired) electrons. The second-order valence-corrected chi connectivity index (χ2v) is 9.77. The van der Waals surface area contributed by atoms with Gasteiger partial charge in [-0.3, -0.25) is 14.2 Å². The van der Waals surface area contributed by atoms with Gasteiger partial charge >= 0.3 is 11.9 Å². The molecule has 1 atom stereocenters. The molecule has 4 rings (SSSR count). The lowest BCUT2D eigenvalue weighted by Gasteiger charge is -2.25. The number of nitrogens with zero attached hydrogens (tertiary/aromatic N) is 2. The molecule has 12 heteroatoms. The second kappa shape index (κ2) is 12.3. The first-order valence-electron chi connectivity index (χ1n) is 12.5. The van der Waals surface area contributed by atoms with Gasteiger partial charge in [-0.05, 0) is 55.3 Å². The minimum Gasteiger partial charge on any atom is -0.493 e. The molecule has 1 aliphatic heterocycles. The van der Waals surface area contributed by atoms with Crippen LogP contribution in [0, 0.1) is 0 Å². The van der Waals surface area contributed by atoms with E-state index < -0.39 is 18.0 Å². The Bertz CT molecular complexity index is 1690. The number of methoxy groups -OCH3 is 4. The fraction of sp³-hybridized carbons (Fsp3) is 0.310. The van der Waals surface area contributed by atoms with Crippen LogP contribution in [-0.4, -0.2) is 51.6 Å². The van der Waals surface area contributed by atoms with Gasteiger partial charge in [0.05, 0.1) is 56.9 Å². The summed E-state index contributed by atoms with van der Waals surface area (Å²) in [6, 6.07) is 7.42. The SMILES string of the molecule is CCOC(=O)C1=C(C)N=c2s/c(=C/c3cc(OC)c(OC)c(OC)c3)c(=O)n2[C@@H]1c1ccc(OC(C)=O)c(OC)c1. The molecule has 0 amide bonds. The molecule has 3 aromatic rings. The molecule has 41 heavy (non-hydrogen) atoms. The van der Waals surface area contributed by atoms with Crippen LogP contribution in [0.3, 0.4) is 0 Å². The molecule has 0 N–H and O–H groups in total. The maximum Gasteiger partial charge on any atom is 0.338 e. The van der Waals surface area contributed by atoms with Gasteiger partial charge in [0, 0.05) is 6.92 Å². The molecule has 0 fully saturated rings. The van der Waals surface area contributed by atoms with Crippen molar-refractivity contribution in [2.24, 2.45) is 4.99 Å². The van der Waals surface area contributed by atoms with E-state index in [2.05, 4.69) is 4.99 Å². The third kappa shape index (κ3) is 5.68. The zero-order chi connectivity index (χ0) is 29.8. The highest BCUT2D eigenvalue weighted by Crippen LogP contribution is 2.39. The van der Waals surface area contributed by atoms with E-state index in [0.29, 0.717) is 43.4 Å². The average molecular weight is 583 g/mol. The smallest absolute Gasteiger partial charge is 0.338 e. The molecule has 11 nitrogen and oxygen atoms in total. The Morgan fingerprint density at radius 1 is 0.976 bits per heavy atom. The zero-order valence-corrected chi connectivity index (χ0v) is 24.5. The molecule has 0 aliphatic carbocycles. The Morgan fingerprint density at radius 2 is 1.63 bits per heavy atom. The Balaban J connectivity index is 1.96. The van der Waals surface area contributed by atoms with E-state index in [-0.39, 0.29) is 29.2 Å². The van der Waals surface area contributed by atoms with E-state index >= 15 is 0 Å². The molecule has 2 aromatic carbocycles. The second-order valence-electron chi connectivity index (χ2n) is 8.76. The third-order valence-electron chi connectivity index (χ3n) is 6.26. The largest absolute Gasteiger partial charge is 0.493 e. The highest BCUT2D eigenvalue weighted by Gasteiger charge is 2.34. The molecule has 0 spiro atoms. The summed E-state index contributed by atoms with van der Waals surface area (Å²) in [5, 5.41) is 0. The van der Waals surface area contributed by atoms with E-state index in [4.69, 9.17) is 28.4 Å². The fourth-order valence-electron chi connectivity index (χ4n) is 4.54. The predicted octanol–water partition coefficient (Wildman–Crippen LogP) is 2.76. The normalized spacial score (nSPS) is 14.6. The monoisotopic (exact) mass is 582 g/mol. The van der Waals surface area contributed by atoms with Crippen molar-refractivity contribution in [1.82, 2.24) is 4.57 Å². The summed E-state index contributed by atoms with van der Waals surface area (Å²) < 4.78 is 34.2. The molecule has 1 aliphatic rings. The molecule has 2 heterocycles. The van der Waals surface area contributed by atoms with Gasteiger partial charge in [0.2, 0.25) is 5.75 Å². The van der Waals surface area contributed by atoms with Crippen LogP contribution in [-0.2, 0) is 14.3 Å². The molecule has 0 unspecified atom stereocenters. The number of benzene rings is 2. The van der Waals surface area contributed by atoms with Crippen molar-refractivity contribution in [2.75, 3.05) is 35.0 Å². The fourth-order valence-corrected chi connectivity index (χ4v) is 5.58. The Labute approximate surface area is 239 Å². The first kappa shape index (κ1) is 29.4. The number of esters is 2. The Kier molecular flexibility index (Phi) is 8.82. The van der Waals surface area contributed by atoms with Crippen LogP contribution in [0.5, 0.6) is 28.7 Å². The van der Waals surface area contributed by atoms with Crippen LogP contribution >= 0.6 is 11.3 Å². The summed E-state index contributed by atoms with van der Waals surface area (Å²) >= 11 is 1.17. The first-order valence-corrected chi connectivity index (χ1v) is 13.3. The van der Waals surface area contributed by atoms with Crippen molar-refractivity contribution in [1.29, 1.82) is 0 Å². The van der Waals surface area contributed by atoms with Crippen LogP contribution < -0.4 is 38.6 Å². The topological polar surface area (TPSA) is 124 Å². The molecule has 216 valence electrons. The number of carbonyl (C=O) groups excluding carboxylic acids is 2.